The number of hydrogen-bond acceptors (Lipinski definition) is 3. The summed E-state index contributed by atoms with van der Waals surface area (Å²) in [5.41, 5.74) is 2.30. The minimum atomic E-state index is -0.398. The molecule has 0 atom stereocenters. The predicted molar refractivity (Wildman–Crippen MR) is 107 cm³/mol. The van der Waals surface area contributed by atoms with Crippen molar-refractivity contribution in [3.8, 4) is 5.75 Å². The summed E-state index contributed by atoms with van der Waals surface area (Å²) in [6.45, 7) is 0. The van der Waals surface area contributed by atoms with E-state index >= 15 is 0 Å². The van der Waals surface area contributed by atoms with Crippen molar-refractivity contribution >= 4 is 17.1 Å². The third kappa shape index (κ3) is 4.80. The van der Waals surface area contributed by atoms with Gasteiger partial charge in [0, 0.05) is 17.5 Å². The van der Waals surface area contributed by atoms with Gasteiger partial charge in [0.1, 0.15) is 11.6 Å². The van der Waals surface area contributed by atoms with Gasteiger partial charge in [-0.2, -0.15) is 0 Å². The smallest absolute Gasteiger partial charge is 0.186 e. The molecule has 0 aliphatic rings. The van der Waals surface area contributed by atoms with Crippen molar-refractivity contribution in [1.29, 1.82) is 0 Å². The zero-order valence-electron chi connectivity index (χ0n) is 15.4. The molecule has 0 saturated heterocycles. The Bertz CT molecular complexity index is 988. The number of methoxy groups -OCH3 is 1. The van der Waals surface area contributed by atoms with Crippen LogP contribution in [0, 0.1) is 5.82 Å². The third-order valence-electron chi connectivity index (χ3n) is 4.34. The van der Waals surface area contributed by atoms with Gasteiger partial charge >= 0.3 is 0 Å². The average molecular weight is 374 g/mol. The standard InChI is InChI=1S/C24H19FO3/c1-28-22-13-9-19(10-14-22)24(27)16-20(17-5-3-2-4-6-17)15-23(26)18-7-11-21(25)12-8-18/h2-14,16H,15H2,1H3/b20-16-. The number of hydrogen-bond donors (Lipinski definition) is 0. The summed E-state index contributed by atoms with van der Waals surface area (Å²) in [4.78, 5) is 25.4. The molecule has 0 aliphatic carbocycles. The molecule has 3 aromatic carbocycles. The van der Waals surface area contributed by atoms with E-state index in [9.17, 15) is 14.0 Å². The molecule has 0 saturated carbocycles. The monoisotopic (exact) mass is 374 g/mol. The fourth-order valence-electron chi connectivity index (χ4n) is 2.80. The number of carbonyl (C=O) groups excluding carboxylic acids is 2. The molecule has 0 radical (unpaired) electrons. The second kappa shape index (κ2) is 8.91. The lowest BCUT2D eigenvalue weighted by molar-refractivity contribution is 0.0998. The quantitative estimate of drug-likeness (QED) is 0.412. The number of carbonyl (C=O) groups is 2. The van der Waals surface area contributed by atoms with E-state index in [2.05, 4.69) is 0 Å². The fraction of sp³-hybridized carbons (Fsp3) is 0.0833. The molecule has 0 bridgehead atoms. The Hall–Kier alpha value is -3.53. The van der Waals surface area contributed by atoms with Gasteiger partial charge < -0.3 is 4.74 Å². The highest BCUT2D eigenvalue weighted by atomic mass is 19.1. The van der Waals surface area contributed by atoms with Crippen molar-refractivity contribution in [1.82, 2.24) is 0 Å². The van der Waals surface area contributed by atoms with E-state index < -0.39 is 5.82 Å². The molecule has 28 heavy (non-hydrogen) atoms. The van der Waals surface area contributed by atoms with Crippen LogP contribution in [-0.2, 0) is 0 Å². The molecule has 4 heteroatoms. The normalized spacial score (nSPS) is 11.1. The zero-order valence-corrected chi connectivity index (χ0v) is 15.4. The van der Waals surface area contributed by atoms with Crippen molar-refractivity contribution in [3.05, 3.63) is 107 Å². The van der Waals surface area contributed by atoms with Crippen LogP contribution in [0.1, 0.15) is 32.7 Å². The second-order valence-corrected chi connectivity index (χ2v) is 6.24. The number of rotatable bonds is 7. The molecule has 3 aromatic rings. The van der Waals surface area contributed by atoms with Crippen LogP contribution in [0.4, 0.5) is 4.39 Å². The average Bonchev–Trinajstić information content (AvgIpc) is 2.74. The van der Waals surface area contributed by atoms with E-state index in [1.807, 2.05) is 30.3 Å². The van der Waals surface area contributed by atoms with Crippen LogP contribution in [0.2, 0.25) is 0 Å². The van der Waals surface area contributed by atoms with Crippen molar-refractivity contribution in [2.45, 2.75) is 6.42 Å². The molecule has 0 aliphatic heterocycles. The molecule has 0 fully saturated rings. The van der Waals surface area contributed by atoms with E-state index in [4.69, 9.17) is 4.74 Å². The summed E-state index contributed by atoms with van der Waals surface area (Å²) in [6, 6.07) is 21.5. The Kier molecular flexibility index (Phi) is 6.12. The SMILES string of the molecule is COc1ccc(C(=O)/C=C(/CC(=O)c2ccc(F)cc2)c2ccccc2)cc1. The maximum atomic E-state index is 13.1. The summed E-state index contributed by atoms with van der Waals surface area (Å²) in [5.74, 6) is -0.119. The summed E-state index contributed by atoms with van der Waals surface area (Å²) in [7, 11) is 1.56. The van der Waals surface area contributed by atoms with E-state index in [0.29, 0.717) is 22.4 Å². The molecule has 0 spiro atoms. The molecule has 0 aromatic heterocycles. The Labute approximate surface area is 163 Å². The van der Waals surface area contributed by atoms with Crippen molar-refractivity contribution in [3.63, 3.8) is 0 Å². The minimum Gasteiger partial charge on any atom is -0.497 e. The summed E-state index contributed by atoms with van der Waals surface area (Å²) in [6.07, 6.45) is 1.52. The van der Waals surface area contributed by atoms with E-state index in [0.717, 1.165) is 5.56 Å². The molecular formula is C24H19FO3. The number of ether oxygens (including phenoxy) is 1. The van der Waals surface area contributed by atoms with Crippen molar-refractivity contribution in [2.75, 3.05) is 7.11 Å². The number of allylic oxidation sites excluding steroid dienone is 2. The van der Waals surface area contributed by atoms with Gasteiger partial charge in [0.05, 0.1) is 7.11 Å². The first-order valence-electron chi connectivity index (χ1n) is 8.80. The highest BCUT2D eigenvalue weighted by molar-refractivity contribution is 6.11. The summed E-state index contributed by atoms with van der Waals surface area (Å²) < 4.78 is 18.2. The molecular weight excluding hydrogens is 355 g/mol. The maximum absolute atomic E-state index is 13.1. The predicted octanol–water partition coefficient (Wildman–Crippen LogP) is 5.37. The Balaban J connectivity index is 1.90. The molecule has 0 unspecified atom stereocenters. The topological polar surface area (TPSA) is 43.4 Å². The van der Waals surface area contributed by atoms with Gasteiger partial charge in [-0.15, -0.1) is 0 Å². The highest BCUT2D eigenvalue weighted by Gasteiger charge is 2.13. The molecule has 0 heterocycles. The second-order valence-electron chi connectivity index (χ2n) is 6.24. The summed E-state index contributed by atoms with van der Waals surface area (Å²) in [5, 5.41) is 0. The third-order valence-corrected chi connectivity index (χ3v) is 4.34. The van der Waals surface area contributed by atoms with Crippen LogP contribution < -0.4 is 4.74 Å². The first-order valence-corrected chi connectivity index (χ1v) is 8.80. The number of benzene rings is 3. The Morgan fingerprint density at radius 1 is 0.821 bits per heavy atom. The van der Waals surface area contributed by atoms with Crippen LogP contribution in [-0.4, -0.2) is 18.7 Å². The Morgan fingerprint density at radius 3 is 2.04 bits per heavy atom. The fourth-order valence-corrected chi connectivity index (χ4v) is 2.80. The number of halogens is 1. The van der Waals surface area contributed by atoms with Crippen LogP contribution in [0.5, 0.6) is 5.75 Å². The van der Waals surface area contributed by atoms with E-state index in [-0.39, 0.29) is 18.0 Å². The van der Waals surface area contributed by atoms with Gasteiger partial charge in [0.2, 0.25) is 0 Å². The minimum absolute atomic E-state index is 0.0392. The molecule has 140 valence electrons. The molecule has 3 nitrogen and oxygen atoms in total. The largest absolute Gasteiger partial charge is 0.497 e. The highest BCUT2D eigenvalue weighted by Crippen LogP contribution is 2.22. The van der Waals surface area contributed by atoms with Gasteiger partial charge in [-0.3, -0.25) is 9.59 Å². The van der Waals surface area contributed by atoms with Crippen LogP contribution >= 0.6 is 0 Å². The first-order chi connectivity index (χ1) is 13.6. The zero-order chi connectivity index (χ0) is 19.9. The van der Waals surface area contributed by atoms with Crippen molar-refractivity contribution < 1.29 is 18.7 Å². The number of ketones is 2. The van der Waals surface area contributed by atoms with Gasteiger partial charge in [0.15, 0.2) is 11.6 Å². The van der Waals surface area contributed by atoms with Crippen LogP contribution in [0.3, 0.4) is 0 Å². The van der Waals surface area contributed by atoms with Gasteiger partial charge in [-0.1, -0.05) is 30.3 Å². The van der Waals surface area contributed by atoms with Gasteiger partial charge in [0.25, 0.3) is 0 Å². The lowest BCUT2D eigenvalue weighted by Crippen LogP contribution is -2.03. The summed E-state index contributed by atoms with van der Waals surface area (Å²) >= 11 is 0. The van der Waals surface area contributed by atoms with Crippen molar-refractivity contribution in [2.24, 2.45) is 0 Å². The van der Waals surface area contributed by atoms with E-state index in [1.165, 1.54) is 30.3 Å². The first kappa shape index (κ1) is 19.2. The lowest BCUT2D eigenvalue weighted by Gasteiger charge is -2.08. The van der Waals surface area contributed by atoms with Gasteiger partial charge in [-0.25, -0.2) is 4.39 Å². The Morgan fingerprint density at radius 2 is 1.43 bits per heavy atom. The molecule has 3 rings (SSSR count). The maximum Gasteiger partial charge on any atom is 0.186 e. The number of Topliss-reactive ketones (excluding diaryl/α,β-unsaturated/α-hetero) is 1. The molecule has 0 N–H and O–H groups in total. The van der Waals surface area contributed by atoms with Gasteiger partial charge in [-0.05, 0) is 65.7 Å². The van der Waals surface area contributed by atoms with E-state index in [1.54, 1.807) is 31.4 Å². The molecule has 0 amide bonds. The lowest BCUT2D eigenvalue weighted by atomic mass is 9.95. The van der Waals surface area contributed by atoms with Crippen LogP contribution in [0.25, 0.3) is 5.57 Å². The van der Waals surface area contributed by atoms with Crippen LogP contribution in [0.15, 0.2) is 84.9 Å².